The van der Waals surface area contributed by atoms with Crippen molar-refractivity contribution in [2.24, 2.45) is 0 Å². The summed E-state index contributed by atoms with van der Waals surface area (Å²) in [6, 6.07) is 15.6. The predicted octanol–water partition coefficient (Wildman–Crippen LogP) is 1.91. The van der Waals surface area contributed by atoms with Crippen molar-refractivity contribution in [1.29, 1.82) is 0 Å². The molecule has 1 amide bonds. The van der Waals surface area contributed by atoms with Gasteiger partial charge in [-0.1, -0.05) is 41.6 Å². The molecule has 0 unspecified atom stereocenters. The number of nitrogens with one attached hydrogen (secondary N) is 1. The number of sulfonamides is 1. The van der Waals surface area contributed by atoms with Gasteiger partial charge >= 0.3 is 5.97 Å². The Morgan fingerprint density at radius 2 is 1.79 bits per heavy atom. The van der Waals surface area contributed by atoms with Gasteiger partial charge < -0.3 is 10.1 Å². The minimum absolute atomic E-state index is 0.0163. The van der Waals surface area contributed by atoms with Gasteiger partial charge in [0.2, 0.25) is 10.0 Å². The molecule has 3 aromatic rings. The molecule has 0 spiro atoms. The molecule has 10 nitrogen and oxygen atoms in total. The molecule has 0 radical (unpaired) electrons. The second kappa shape index (κ2) is 9.92. The fourth-order valence-electron chi connectivity index (χ4n) is 3.45. The second-order valence-electron chi connectivity index (χ2n) is 7.55. The summed E-state index contributed by atoms with van der Waals surface area (Å²) in [5, 5.41) is 10.2. The fraction of sp³-hybridized carbons (Fsp3) is 0.273. The number of esters is 1. The number of nitrogens with zero attached hydrogens (tertiary/aromatic N) is 4. The van der Waals surface area contributed by atoms with Crippen LogP contribution in [0.5, 0.6) is 0 Å². The lowest BCUT2D eigenvalue weighted by molar-refractivity contribution is -0.119. The molecule has 1 aliphatic heterocycles. The summed E-state index contributed by atoms with van der Waals surface area (Å²) >= 11 is 0. The smallest absolute Gasteiger partial charge is 0.361 e. The van der Waals surface area contributed by atoms with E-state index in [0.29, 0.717) is 25.3 Å². The molecule has 1 fully saturated rings. The molecule has 0 aliphatic carbocycles. The van der Waals surface area contributed by atoms with E-state index in [9.17, 15) is 18.0 Å². The standard InChI is InChI=1S/C22H23N5O5S/c28-21(23-18-9-6-10-19(13-18)33(30,31)27-11-4-5-12-27)16-32-22(29)20-15-26(25-24-20)14-17-7-2-1-3-8-17/h1-3,6-10,13,15H,4-5,11-12,14,16H2,(H,23,28). The van der Waals surface area contributed by atoms with Gasteiger partial charge in [0, 0.05) is 18.8 Å². The maximum Gasteiger partial charge on any atom is 0.361 e. The van der Waals surface area contributed by atoms with Crippen molar-refractivity contribution in [3.05, 3.63) is 72.1 Å². The van der Waals surface area contributed by atoms with Gasteiger partial charge in [0.1, 0.15) is 0 Å². The Morgan fingerprint density at radius 1 is 1.03 bits per heavy atom. The van der Waals surface area contributed by atoms with Gasteiger partial charge in [-0.25, -0.2) is 17.9 Å². The highest BCUT2D eigenvalue weighted by Crippen LogP contribution is 2.23. The van der Waals surface area contributed by atoms with E-state index >= 15 is 0 Å². The molecule has 0 atom stereocenters. The molecular formula is C22H23N5O5S. The van der Waals surface area contributed by atoms with Gasteiger partial charge in [-0.3, -0.25) is 4.79 Å². The summed E-state index contributed by atoms with van der Waals surface area (Å²) in [6.07, 6.45) is 3.11. The molecule has 2 aromatic carbocycles. The zero-order valence-corrected chi connectivity index (χ0v) is 18.6. The molecule has 33 heavy (non-hydrogen) atoms. The summed E-state index contributed by atoms with van der Waals surface area (Å²) in [5.41, 5.74) is 1.28. The number of amides is 1. The number of rotatable bonds is 8. The van der Waals surface area contributed by atoms with E-state index in [2.05, 4.69) is 15.6 Å². The normalized spacial score (nSPS) is 14.2. The first-order valence-electron chi connectivity index (χ1n) is 10.4. The van der Waals surface area contributed by atoms with Crippen molar-refractivity contribution in [1.82, 2.24) is 19.3 Å². The highest BCUT2D eigenvalue weighted by molar-refractivity contribution is 7.89. The summed E-state index contributed by atoms with van der Waals surface area (Å²) < 4.78 is 33.3. The monoisotopic (exact) mass is 469 g/mol. The summed E-state index contributed by atoms with van der Waals surface area (Å²) in [6.45, 7) is 0.876. The second-order valence-corrected chi connectivity index (χ2v) is 9.49. The maximum absolute atomic E-state index is 12.7. The van der Waals surface area contributed by atoms with Crippen LogP contribution in [0.4, 0.5) is 5.69 Å². The molecule has 11 heteroatoms. The lowest BCUT2D eigenvalue weighted by atomic mass is 10.2. The minimum atomic E-state index is -3.60. The van der Waals surface area contributed by atoms with Crippen LogP contribution in [-0.4, -0.2) is 59.3 Å². The highest BCUT2D eigenvalue weighted by atomic mass is 32.2. The number of ether oxygens (including phenoxy) is 1. The Labute approximate surface area is 191 Å². The van der Waals surface area contributed by atoms with Crippen molar-refractivity contribution in [3.63, 3.8) is 0 Å². The van der Waals surface area contributed by atoms with E-state index in [1.165, 1.54) is 27.3 Å². The number of anilines is 1. The summed E-state index contributed by atoms with van der Waals surface area (Å²) in [7, 11) is -3.60. The topological polar surface area (TPSA) is 123 Å². The fourth-order valence-corrected chi connectivity index (χ4v) is 5.02. The third-order valence-corrected chi connectivity index (χ3v) is 6.98. The Bertz CT molecular complexity index is 1240. The molecule has 1 saturated heterocycles. The zero-order valence-electron chi connectivity index (χ0n) is 17.8. The molecule has 0 saturated carbocycles. The first kappa shape index (κ1) is 22.6. The van der Waals surface area contributed by atoms with Crippen LogP contribution in [0.2, 0.25) is 0 Å². The Kier molecular flexibility index (Phi) is 6.80. The third kappa shape index (κ3) is 5.62. The first-order valence-corrected chi connectivity index (χ1v) is 11.9. The number of hydrogen-bond donors (Lipinski definition) is 1. The van der Waals surface area contributed by atoms with Crippen LogP contribution in [0.1, 0.15) is 28.9 Å². The van der Waals surface area contributed by atoms with Gasteiger partial charge in [0.25, 0.3) is 5.91 Å². The highest BCUT2D eigenvalue weighted by Gasteiger charge is 2.27. The molecule has 4 rings (SSSR count). The largest absolute Gasteiger partial charge is 0.451 e. The molecule has 1 aromatic heterocycles. The van der Waals surface area contributed by atoms with Crippen LogP contribution in [0, 0.1) is 0 Å². The Hall–Kier alpha value is -3.57. The predicted molar refractivity (Wildman–Crippen MR) is 119 cm³/mol. The molecule has 1 N–H and O–H groups in total. The molecular weight excluding hydrogens is 446 g/mol. The van der Waals surface area contributed by atoms with Crippen LogP contribution >= 0.6 is 0 Å². The van der Waals surface area contributed by atoms with Crippen molar-refractivity contribution >= 4 is 27.6 Å². The molecule has 172 valence electrons. The van der Waals surface area contributed by atoms with Gasteiger partial charge in [0.15, 0.2) is 12.3 Å². The minimum Gasteiger partial charge on any atom is -0.451 e. The van der Waals surface area contributed by atoms with Gasteiger partial charge in [-0.05, 0) is 36.6 Å². The van der Waals surface area contributed by atoms with Crippen LogP contribution in [0.3, 0.4) is 0 Å². The summed E-state index contributed by atoms with van der Waals surface area (Å²) in [4.78, 5) is 24.5. The van der Waals surface area contributed by atoms with E-state index in [1.807, 2.05) is 30.3 Å². The lowest BCUT2D eigenvalue weighted by Gasteiger charge is -2.16. The Balaban J connectivity index is 1.31. The average molecular weight is 470 g/mol. The number of hydrogen-bond acceptors (Lipinski definition) is 7. The van der Waals surface area contributed by atoms with Crippen LogP contribution in [0.25, 0.3) is 0 Å². The third-order valence-electron chi connectivity index (χ3n) is 5.09. The molecule has 1 aliphatic rings. The Morgan fingerprint density at radius 3 is 2.55 bits per heavy atom. The lowest BCUT2D eigenvalue weighted by Crippen LogP contribution is -2.28. The number of benzene rings is 2. The maximum atomic E-state index is 12.7. The van der Waals surface area contributed by atoms with Crippen LogP contribution in [-0.2, 0) is 26.1 Å². The van der Waals surface area contributed by atoms with Crippen molar-refractivity contribution in [2.75, 3.05) is 25.0 Å². The number of aromatic nitrogens is 3. The van der Waals surface area contributed by atoms with Gasteiger partial charge in [-0.15, -0.1) is 5.10 Å². The van der Waals surface area contributed by atoms with Gasteiger partial charge in [-0.2, -0.15) is 4.31 Å². The van der Waals surface area contributed by atoms with Crippen LogP contribution < -0.4 is 5.32 Å². The van der Waals surface area contributed by atoms with E-state index in [-0.39, 0.29) is 10.6 Å². The van der Waals surface area contributed by atoms with E-state index in [0.717, 1.165) is 18.4 Å². The van der Waals surface area contributed by atoms with E-state index in [1.54, 1.807) is 12.1 Å². The van der Waals surface area contributed by atoms with E-state index in [4.69, 9.17) is 4.74 Å². The number of carbonyl (C=O) groups excluding carboxylic acids is 2. The number of carbonyl (C=O) groups is 2. The van der Waals surface area contributed by atoms with Crippen molar-refractivity contribution in [3.8, 4) is 0 Å². The summed E-state index contributed by atoms with van der Waals surface area (Å²) in [5.74, 6) is -1.38. The van der Waals surface area contributed by atoms with Gasteiger partial charge in [0.05, 0.1) is 17.6 Å². The molecule has 2 heterocycles. The first-order chi connectivity index (χ1) is 15.9. The molecule has 0 bridgehead atoms. The van der Waals surface area contributed by atoms with Crippen molar-refractivity contribution in [2.45, 2.75) is 24.3 Å². The van der Waals surface area contributed by atoms with Crippen molar-refractivity contribution < 1.29 is 22.7 Å². The zero-order chi connectivity index (χ0) is 23.3. The average Bonchev–Trinajstić information content (AvgIpc) is 3.51. The SMILES string of the molecule is O=C(COC(=O)c1cn(Cc2ccccc2)nn1)Nc1cccc(S(=O)(=O)N2CCCC2)c1. The van der Waals surface area contributed by atoms with Crippen LogP contribution in [0.15, 0.2) is 65.7 Å². The quantitative estimate of drug-likeness (QED) is 0.500. The van der Waals surface area contributed by atoms with E-state index < -0.39 is 28.5 Å².